The zero-order valence-electron chi connectivity index (χ0n) is 38.2. The van der Waals surface area contributed by atoms with E-state index in [0.29, 0.717) is 13.0 Å². The molecule has 0 aromatic rings. The monoisotopic (exact) mass is 857 g/mol. The highest BCUT2D eigenvalue weighted by molar-refractivity contribution is 7.47. The molecular weight excluding hydrogens is 764 g/mol. The molecule has 0 amide bonds. The summed E-state index contributed by atoms with van der Waals surface area (Å²) in [6, 6.07) is 0. The molecule has 0 rings (SSSR count). The third-order valence-corrected chi connectivity index (χ3v) is 11.5. The van der Waals surface area contributed by atoms with Crippen molar-refractivity contribution in [2.75, 3.05) is 33.0 Å². The predicted octanol–water partition coefficient (Wildman–Crippen LogP) is 14.0. The van der Waals surface area contributed by atoms with Crippen molar-refractivity contribution in [2.45, 2.75) is 238 Å². The summed E-state index contributed by atoms with van der Waals surface area (Å²) in [5, 5.41) is 18.4. The quantitative estimate of drug-likeness (QED) is 0.0237. The average Bonchev–Trinajstić information content (AvgIpc) is 3.23. The summed E-state index contributed by atoms with van der Waals surface area (Å²) in [7, 11) is -4.52. The topological polar surface area (TPSA) is 132 Å². The summed E-state index contributed by atoms with van der Waals surface area (Å²) in [6.45, 7) is 3.48. The van der Waals surface area contributed by atoms with Crippen LogP contribution in [0.2, 0.25) is 0 Å². The van der Waals surface area contributed by atoms with Crippen molar-refractivity contribution < 1.29 is 43.0 Å². The van der Waals surface area contributed by atoms with Crippen LogP contribution in [0.15, 0.2) is 36.5 Å². The number of aliphatic hydroxyl groups is 2. The Hall–Kier alpha value is -1.32. The Morgan fingerprint density at radius 2 is 0.932 bits per heavy atom. The minimum Gasteiger partial charge on any atom is -0.457 e. The number of esters is 1. The molecule has 3 atom stereocenters. The van der Waals surface area contributed by atoms with Crippen molar-refractivity contribution in [1.82, 2.24) is 0 Å². The van der Waals surface area contributed by atoms with E-state index in [1.807, 2.05) is 0 Å². The number of hydrogen-bond donors (Lipinski definition) is 3. The lowest BCUT2D eigenvalue weighted by molar-refractivity contribution is -0.154. The van der Waals surface area contributed by atoms with Gasteiger partial charge in [-0.2, -0.15) is 0 Å². The Bertz CT molecular complexity index is 1020. The van der Waals surface area contributed by atoms with Crippen LogP contribution in [0.4, 0.5) is 0 Å². The van der Waals surface area contributed by atoms with E-state index in [-0.39, 0.29) is 19.6 Å². The van der Waals surface area contributed by atoms with Crippen LogP contribution in [0.1, 0.15) is 226 Å². The molecule has 59 heavy (non-hydrogen) atoms. The first-order valence-electron chi connectivity index (χ1n) is 24.5. The molecular formula is C49H93O9P. The van der Waals surface area contributed by atoms with E-state index in [1.165, 1.54) is 135 Å². The number of aliphatic hydroxyl groups excluding tert-OH is 2. The van der Waals surface area contributed by atoms with E-state index < -0.39 is 39.2 Å². The molecule has 3 N–H and O–H groups in total. The van der Waals surface area contributed by atoms with E-state index in [9.17, 15) is 19.4 Å². The fourth-order valence-corrected chi connectivity index (χ4v) is 7.57. The maximum Gasteiger partial charge on any atom is 0.472 e. The number of ether oxygens (including phenoxy) is 2. The molecule has 0 heterocycles. The SMILES string of the molecule is CCCC/C=C\C/C=C\CCCCCCCC(=O)OC(COCCCCCCCCCCCCCC/C=C\CCCCCCCCCC)COP(=O)(O)OCC(O)CO. The van der Waals surface area contributed by atoms with Gasteiger partial charge in [0.1, 0.15) is 12.2 Å². The maximum atomic E-state index is 12.6. The van der Waals surface area contributed by atoms with Gasteiger partial charge >= 0.3 is 13.8 Å². The van der Waals surface area contributed by atoms with E-state index in [2.05, 4.69) is 50.3 Å². The van der Waals surface area contributed by atoms with Gasteiger partial charge in [-0.25, -0.2) is 4.57 Å². The zero-order chi connectivity index (χ0) is 43.2. The molecule has 0 saturated carbocycles. The van der Waals surface area contributed by atoms with Crippen LogP contribution in [0.25, 0.3) is 0 Å². The van der Waals surface area contributed by atoms with Crippen LogP contribution >= 0.6 is 7.82 Å². The van der Waals surface area contributed by atoms with E-state index in [4.69, 9.17) is 23.6 Å². The van der Waals surface area contributed by atoms with Gasteiger partial charge in [0.05, 0.1) is 26.4 Å². The summed E-state index contributed by atoms with van der Waals surface area (Å²) in [5.41, 5.74) is 0. The van der Waals surface area contributed by atoms with Gasteiger partial charge in [-0.3, -0.25) is 13.8 Å². The van der Waals surface area contributed by atoms with E-state index in [1.54, 1.807) is 0 Å². The Kier molecular flexibility index (Phi) is 45.2. The molecule has 0 bridgehead atoms. The average molecular weight is 857 g/mol. The molecule has 0 aliphatic heterocycles. The molecule has 0 aromatic carbocycles. The number of unbranched alkanes of at least 4 members (excludes halogenated alkanes) is 27. The van der Waals surface area contributed by atoms with Gasteiger partial charge in [0.25, 0.3) is 0 Å². The standard InChI is InChI=1S/C49H93O9P/c1-3-5-7-9-11-13-15-17-19-20-21-22-23-24-25-26-27-28-30-32-34-36-38-40-42-55-45-48(46-57-59(53,54)56-44-47(51)43-50)58-49(52)41-39-37-35-33-31-29-18-16-14-12-10-8-6-4-2/h10,12,16,18,20-21,47-48,50-51H,3-9,11,13-15,17,19,22-46H2,1-2H3,(H,53,54)/b12-10-,18-16-,21-20-. The lowest BCUT2D eigenvalue weighted by Crippen LogP contribution is -2.29. The van der Waals surface area contributed by atoms with Gasteiger partial charge in [0.2, 0.25) is 0 Å². The second-order valence-corrected chi connectivity index (χ2v) is 17.9. The minimum absolute atomic E-state index is 0.0448. The highest BCUT2D eigenvalue weighted by Gasteiger charge is 2.26. The number of carbonyl (C=O) groups is 1. The Morgan fingerprint density at radius 1 is 0.525 bits per heavy atom. The minimum atomic E-state index is -4.52. The molecule has 0 fully saturated rings. The number of hydrogen-bond acceptors (Lipinski definition) is 8. The van der Waals surface area contributed by atoms with Gasteiger partial charge in [0, 0.05) is 13.0 Å². The van der Waals surface area contributed by atoms with Crippen molar-refractivity contribution >= 4 is 13.8 Å². The number of carbonyl (C=O) groups excluding carboxylic acids is 1. The van der Waals surface area contributed by atoms with Crippen molar-refractivity contribution in [2.24, 2.45) is 0 Å². The van der Waals surface area contributed by atoms with Crippen molar-refractivity contribution in [3.63, 3.8) is 0 Å². The molecule has 10 heteroatoms. The van der Waals surface area contributed by atoms with Gasteiger partial charge < -0.3 is 24.6 Å². The smallest absolute Gasteiger partial charge is 0.457 e. The number of rotatable bonds is 47. The van der Waals surface area contributed by atoms with Crippen molar-refractivity contribution in [1.29, 1.82) is 0 Å². The zero-order valence-corrected chi connectivity index (χ0v) is 39.1. The Morgan fingerprint density at radius 3 is 1.42 bits per heavy atom. The molecule has 0 aliphatic carbocycles. The Balaban J connectivity index is 4.04. The fraction of sp³-hybridized carbons (Fsp3) is 0.857. The van der Waals surface area contributed by atoms with Crippen LogP contribution in [-0.4, -0.2) is 66.3 Å². The summed E-state index contributed by atoms with van der Waals surface area (Å²) >= 11 is 0. The molecule has 0 saturated heterocycles. The lowest BCUT2D eigenvalue weighted by atomic mass is 10.0. The van der Waals surface area contributed by atoms with Gasteiger partial charge in [-0.05, 0) is 64.2 Å². The summed E-state index contributed by atoms with van der Waals surface area (Å²) in [6.07, 6.45) is 51.1. The van der Waals surface area contributed by atoms with Gasteiger partial charge in [-0.15, -0.1) is 0 Å². The molecule has 348 valence electrons. The molecule has 9 nitrogen and oxygen atoms in total. The van der Waals surface area contributed by atoms with Crippen LogP contribution in [0.5, 0.6) is 0 Å². The summed E-state index contributed by atoms with van der Waals surface area (Å²) in [4.78, 5) is 22.6. The first-order valence-corrected chi connectivity index (χ1v) is 26.0. The largest absolute Gasteiger partial charge is 0.472 e. The Labute approximate surface area is 363 Å². The predicted molar refractivity (Wildman–Crippen MR) is 247 cm³/mol. The van der Waals surface area contributed by atoms with Crippen LogP contribution in [0, 0.1) is 0 Å². The molecule has 0 aliphatic rings. The maximum absolute atomic E-state index is 12.6. The first-order chi connectivity index (χ1) is 28.8. The highest BCUT2D eigenvalue weighted by Crippen LogP contribution is 2.43. The van der Waals surface area contributed by atoms with Crippen molar-refractivity contribution in [3.8, 4) is 0 Å². The van der Waals surface area contributed by atoms with Crippen LogP contribution in [0.3, 0.4) is 0 Å². The van der Waals surface area contributed by atoms with Crippen LogP contribution in [-0.2, 0) is 27.9 Å². The first kappa shape index (κ1) is 57.7. The fourth-order valence-electron chi connectivity index (χ4n) is 6.78. The highest BCUT2D eigenvalue weighted by atomic mass is 31.2. The molecule has 0 aromatic heterocycles. The third-order valence-electron chi connectivity index (χ3n) is 10.5. The van der Waals surface area contributed by atoms with E-state index >= 15 is 0 Å². The number of allylic oxidation sites excluding steroid dienone is 6. The van der Waals surface area contributed by atoms with Gasteiger partial charge in [0.15, 0.2) is 0 Å². The van der Waals surface area contributed by atoms with Crippen molar-refractivity contribution in [3.05, 3.63) is 36.5 Å². The normalized spacial score (nSPS) is 14.2. The summed E-state index contributed by atoms with van der Waals surface area (Å²) in [5.74, 6) is -0.395. The second-order valence-electron chi connectivity index (χ2n) is 16.5. The van der Waals surface area contributed by atoms with Crippen LogP contribution < -0.4 is 0 Å². The van der Waals surface area contributed by atoms with Gasteiger partial charge in [-0.1, -0.05) is 192 Å². The third kappa shape index (κ3) is 46.0. The number of phosphoric ester groups is 1. The molecule has 3 unspecified atom stereocenters. The number of phosphoric acid groups is 1. The second kappa shape index (κ2) is 46.2. The summed E-state index contributed by atoms with van der Waals surface area (Å²) < 4.78 is 33.4. The molecule has 0 radical (unpaired) electrons. The lowest BCUT2D eigenvalue weighted by Gasteiger charge is -2.20. The molecule has 0 spiro atoms. The van der Waals surface area contributed by atoms with E-state index in [0.717, 1.165) is 64.2 Å².